The molecule has 1 aliphatic carbocycles. The van der Waals surface area contributed by atoms with E-state index in [2.05, 4.69) is 0 Å². The fraction of sp³-hybridized carbons (Fsp3) is 0.571. The maximum Gasteiger partial charge on any atom is 0.329 e. The Morgan fingerprint density at radius 3 is 2.05 bits per heavy atom. The van der Waals surface area contributed by atoms with Crippen LogP contribution in [0.1, 0.15) is 42.7 Å². The summed E-state index contributed by atoms with van der Waals surface area (Å²) >= 11 is 0. The van der Waals surface area contributed by atoms with E-state index in [9.17, 15) is 4.57 Å². The highest BCUT2D eigenvalue weighted by molar-refractivity contribution is 7.50. The lowest BCUT2D eigenvalue weighted by atomic mass is 9.94. The third-order valence-corrected chi connectivity index (χ3v) is 4.53. The second kappa shape index (κ2) is 6.17. The molecule has 0 spiro atoms. The highest BCUT2D eigenvalue weighted by Gasteiger charge is 2.26. The van der Waals surface area contributed by atoms with E-state index in [0.717, 1.165) is 18.4 Å². The molecule has 1 saturated carbocycles. The minimum absolute atomic E-state index is 0.301. The topological polar surface area (TPSA) is 76.0 Å². The van der Waals surface area contributed by atoms with Crippen molar-refractivity contribution in [1.82, 2.24) is 0 Å². The van der Waals surface area contributed by atoms with Gasteiger partial charge in [-0.1, -0.05) is 12.8 Å². The Bertz CT molecular complexity index is 491. The molecule has 0 heterocycles. The van der Waals surface area contributed by atoms with Crippen LogP contribution in [0.25, 0.3) is 0 Å². The maximum atomic E-state index is 11.2. The molecular weight excluding hydrogens is 279 g/mol. The minimum atomic E-state index is -4.10. The van der Waals surface area contributed by atoms with Gasteiger partial charge in [0.25, 0.3) is 0 Å². The molecule has 0 aliphatic heterocycles. The molecule has 2 rings (SSSR count). The van der Waals surface area contributed by atoms with Gasteiger partial charge in [-0.05, 0) is 36.5 Å². The Morgan fingerprint density at radius 2 is 1.65 bits per heavy atom. The van der Waals surface area contributed by atoms with Gasteiger partial charge in [0, 0.05) is 5.56 Å². The van der Waals surface area contributed by atoms with Gasteiger partial charge in [-0.3, -0.25) is 4.57 Å². The van der Waals surface area contributed by atoms with Gasteiger partial charge in [-0.2, -0.15) is 0 Å². The van der Waals surface area contributed by atoms with E-state index < -0.39 is 7.60 Å². The van der Waals surface area contributed by atoms with Crippen molar-refractivity contribution in [1.29, 1.82) is 0 Å². The predicted octanol–water partition coefficient (Wildman–Crippen LogP) is 3.04. The molecule has 112 valence electrons. The summed E-state index contributed by atoms with van der Waals surface area (Å²) in [6.45, 7) is 0. The van der Waals surface area contributed by atoms with Crippen LogP contribution >= 0.6 is 7.60 Å². The van der Waals surface area contributed by atoms with Crippen LogP contribution in [0, 0.1) is 0 Å². The summed E-state index contributed by atoms with van der Waals surface area (Å²) < 4.78 is 22.0. The average Bonchev–Trinajstić information content (AvgIpc) is 2.89. The van der Waals surface area contributed by atoms with Crippen molar-refractivity contribution in [2.24, 2.45) is 0 Å². The molecule has 0 unspecified atom stereocenters. The number of ether oxygens (including phenoxy) is 2. The highest BCUT2D eigenvalue weighted by atomic mass is 31.2. The van der Waals surface area contributed by atoms with Crippen molar-refractivity contribution in [3.8, 4) is 11.5 Å². The molecule has 6 heteroatoms. The first kappa shape index (κ1) is 15.4. The van der Waals surface area contributed by atoms with E-state index >= 15 is 0 Å². The Morgan fingerprint density at radius 1 is 1.15 bits per heavy atom. The third kappa shape index (κ3) is 3.54. The fourth-order valence-electron chi connectivity index (χ4n) is 2.94. The van der Waals surface area contributed by atoms with Crippen LogP contribution in [0.2, 0.25) is 0 Å². The fourth-order valence-corrected chi connectivity index (χ4v) is 3.60. The number of hydrogen-bond acceptors (Lipinski definition) is 3. The van der Waals surface area contributed by atoms with Gasteiger partial charge >= 0.3 is 7.60 Å². The summed E-state index contributed by atoms with van der Waals surface area (Å²) in [7, 11) is -0.944. The van der Waals surface area contributed by atoms with E-state index in [0.29, 0.717) is 23.0 Å². The number of rotatable bonds is 5. The Balaban J connectivity index is 2.43. The lowest BCUT2D eigenvalue weighted by molar-refractivity contribution is 0.369. The molecule has 0 radical (unpaired) electrons. The molecule has 0 amide bonds. The lowest BCUT2D eigenvalue weighted by Crippen LogP contribution is -2.03. The summed E-state index contributed by atoms with van der Waals surface area (Å²) in [5, 5.41) is 0. The molecule has 1 fully saturated rings. The van der Waals surface area contributed by atoms with Gasteiger partial charge in [0.05, 0.1) is 20.4 Å². The Hall–Kier alpha value is -1.03. The highest BCUT2D eigenvalue weighted by Crippen LogP contribution is 2.46. The van der Waals surface area contributed by atoms with Crippen molar-refractivity contribution >= 4 is 7.60 Å². The van der Waals surface area contributed by atoms with E-state index in [1.54, 1.807) is 26.4 Å². The van der Waals surface area contributed by atoms with Crippen LogP contribution in [0.5, 0.6) is 11.5 Å². The van der Waals surface area contributed by atoms with E-state index in [1.165, 1.54) is 12.8 Å². The predicted molar refractivity (Wildman–Crippen MR) is 76.5 cm³/mol. The summed E-state index contributed by atoms with van der Waals surface area (Å²) in [5.41, 5.74) is 1.57. The van der Waals surface area contributed by atoms with E-state index in [-0.39, 0.29) is 6.16 Å². The van der Waals surface area contributed by atoms with Crippen molar-refractivity contribution in [3.05, 3.63) is 23.3 Å². The van der Waals surface area contributed by atoms with Gasteiger partial charge in [0.1, 0.15) is 11.5 Å². The molecule has 0 bridgehead atoms. The normalized spacial score (nSPS) is 16.4. The van der Waals surface area contributed by atoms with Crippen LogP contribution in [-0.4, -0.2) is 24.0 Å². The quantitative estimate of drug-likeness (QED) is 0.817. The summed E-state index contributed by atoms with van der Waals surface area (Å²) in [6.07, 6.45) is 4.29. The van der Waals surface area contributed by atoms with Crippen molar-refractivity contribution < 1.29 is 23.8 Å². The van der Waals surface area contributed by atoms with Crippen LogP contribution < -0.4 is 9.47 Å². The molecule has 0 aromatic heterocycles. The molecule has 1 aliphatic rings. The largest absolute Gasteiger partial charge is 0.496 e. The minimum Gasteiger partial charge on any atom is -0.496 e. The third-order valence-electron chi connectivity index (χ3n) is 3.76. The van der Waals surface area contributed by atoms with E-state index in [1.807, 2.05) is 0 Å². The first-order valence-corrected chi connectivity index (χ1v) is 8.53. The van der Waals surface area contributed by atoms with Gasteiger partial charge < -0.3 is 19.3 Å². The number of benzene rings is 1. The molecule has 5 nitrogen and oxygen atoms in total. The van der Waals surface area contributed by atoms with Crippen LogP contribution in [0.4, 0.5) is 0 Å². The van der Waals surface area contributed by atoms with Crippen molar-refractivity contribution in [3.63, 3.8) is 0 Å². The molecule has 1 aromatic rings. The summed E-state index contributed by atoms with van der Waals surface area (Å²) in [6, 6.07) is 3.44. The number of methoxy groups -OCH3 is 2. The zero-order valence-corrected chi connectivity index (χ0v) is 12.7. The molecule has 0 saturated heterocycles. The lowest BCUT2D eigenvalue weighted by Gasteiger charge is -2.20. The zero-order valence-electron chi connectivity index (χ0n) is 11.8. The van der Waals surface area contributed by atoms with Crippen LogP contribution in [-0.2, 0) is 10.7 Å². The first-order chi connectivity index (χ1) is 9.44. The monoisotopic (exact) mass is 300 g/mol. The van der Waals surface area contributed by atoms with Crippen LogP contribution in [0.3, 0.4) is 0 Å². The summed E-state index contributed by atoms with van der Waals surface area (Å²) in [5.74, 6) is 1.74. The van der Waals surface area contributed by atoms with E-state index in [4.69, 9.17) is 19.3 Å². The SMILES string of the molecule is COc1cc(CP(=O)(O)O)cc(OC)c1C1CCCC1. The molecule has 2 N–H and O–H groups in total. The average molecular weight is 300 g/mol. The molecule has 20 heavy (non-hydrogen) atoms. The molecular formula is C14H21O5P. The van der Waals surface area contributed by atoms with Crippen molar-refractivity contribution in [2.75, 3.05) is 14.2 Å². The van der Waals surface area contributed by atoms with Crippen LogP contribution in [0.15, 0.2) is 12.1 Å². The van der Waals surface area contributed by atoms with Crippen molar-refractivity contribution in [2.45, 2.75) is 37.8 Å². The van der Waals surface area contributed by atoms with Gasteiger partial charge in [0.2, 0.25) is 0 Å². The number of hydrogen-bond donors (Lipinski definition) is 2. The Kier molecular flexibility index (Phi) is 4.74. The molecule has 0 atom stereocenters. The zero-order chi connectivity index (χ0) is 14.8. The smallest absolute Gasteiger partial charge is 0.329 e. The standard InChI is InChI=1S/C14H21O5P/c1-18-12-7-10(9-20(15,16)17)8-13(19-2)14(12)11-5-3-4-6-11/h7-8,11H,3-6,9H2,1-2H3,(H2,15,16,17). The first-order valence-electron chi connectivity index (χ1n) is 6.74. The second-order valence-electron chi connectivity index (χ2n) is 5.22. The second-order valence-corrected chi connectivity index (χ2v) is 6.86. The Labute approximate surface area is 119 Å². The van der Waals surface area contributed by atoms with Gasteiger partial charge in [0.15, 0.2) is 0 Å². The molecule has 1 aromatic carbocycles. The van der Waals surface area contributed by atoms with Gasteiger partial charge in [-0.25, -0.2) is 0 Å². The van der Waals surface area contributed by atoms with Gasteiger partial charge in [-0.15, -0.1) is 0 Å². The maximum absolute atomic E-state index is 11.2. The summed E-state index contributed by atoms with van der Waals surface area (Å²) in [4.78, 5) is 18.2.